The minimum atomic E-state index is -4.22. The van der Waals surface area contributed by atoms with Crippen molar-refractivity contribution in [3.8, 4) is 0 Å². The third-order valence-corrected chi connectivity index (χ3v) is 4.92. The fraction of sp³-hybridized carbons (Fsp3) is 0.500. The summed E-state index contributed by atoms with van der Waals surface area (Å²) < 4.78 is 38.8. The maximum absolute atomic E-state index is 12.9. The summed E-state index contributed by atoms with van der Waals surface area (Å²) in [4.78, 5) is 1.46. The second kappa shape index (κ2) is 5.37. The molecule has 6 heteroatoms. The van der Waals surface area contributed by atoms with Crippen LogP contribution in [-0.2, 0) is 0 Å². The average molecular weight is 331 g/mol. The van der Waals surface area contributed by atoms with E-state index < -0.39 is 12.7 Å². The van der Waals surface area contributed by atoms with Crippen LogP contribution in [0.25, 0.3) is 5.03 Å². The van der Waals surface area contributed by atoms with E-state index in [1.54, 1.807) is 6.07 Å². The van der Waals surface area contributed by atoms with Crippen molar-refractivity contribution in [1.29, 1.82) is 0 Å². The lowest BCUT2D eigenvalue weighted by atomic mass is 9.88. The van der Waals surface area contributed by atoms with Crippen LogP contribution in [-0.4, -0.2) is 25.3 Å². The van der Waals surface area contributed by atoms with Crippen molar-refractivity contribution < 1.29 is 13.2 Å². The second-order valence-corrected chi connectivity index (χ2v) is 6.26. The number of alkyl halides is 3. The lowest BCUT2D eigenvalue weighted by Gasteiger charge is -2.28. The van der Waals surface area contributed by atoms with Crippen LogP contribution in [0.2, 0.25) is 0 Å². The lowest BCUT2D eigenvalue weighted by molar-refractivity contribution is -0.120. The monoisotopic (exact) mass is 330 g/mol. The van der Waals surface area contributed by atoms with Gasteiger partial charge >= 0.3 is 6.18 Å². The first-order valence-corrected chi connectivity index (χ1v) is 7.81. The Kier molecular flexibility index (Phi) is 3.79. The minimum absolute atomic E-state index is 0.0503. The van der Waals surface area contributed by atoms with E-state index in [0.717, 1.165) is 23.2 Å². The normalized spacial score (nSPS) is 23.7. The van der Waals surface area contributed by atoms with Gasteiger partial charge in [0.05, 0.1) is 0 Å². The molecule has 0 aromatic heterocycles. The second-order valence-electron chi connectivity index (χ2n) is 5.85. The van der Waals surface area contributed by atoms with Crippen LogP contribution < -0.4 is 10.2 Å². The van der Waals surface area contributed by atoms with E-state index in [2.05, 4.69) is 5.32 Å². The van der Waals surface area contributed by atoms with E-state index >= 15 is 0 Å². The van der Waals surface area contributed by atoms with Crippen LogP contribution >= 0.6 is 11.6 Å². The zero-order valence-corrected chi connectivity index (χ0v) is 13.2. The number of anilines is 2. The lowest BCUT2D eigenvalue weighted by Crippen LogP contribution is -2.39. The molecule has 0 fully saturated rings. The van der Waals surface area contributed by atoms with Gasteiger partial charge in [-0.1, -0.05) is 18.5 Å². The highest BCUT2D eigenvalue weighted by atomic mass is 35.5. The molecular weight excluding hydrogens is 313 g/mol. The molecule has 1 N–H and O–H groups in total. The summed E-state index contributed by atoms with van der Waals surface area (Å²) in [6, 6.07) is 3.42. The van der Waals surface area contributed by atoms with Crippen molar-refractivity contribution in [2.45, 2.75) is 38.4 Å². The highest BCUT2D eigenvalue weighted by Crippen LogP contribution is 2.50. The van der Waals surface area contributed by atoms with Crippen LogP contribution in [0.4, 0.5) is 24.5 Å². The van der Waals surface area contributed by atoms with Gasteiger partial charge in [0.2, 0.25) is 0 Å². The van der Waals surface area contributed by atoms with Crippen molar-refractivity contribution in [2.75, 3.05) is 23.3 Å². The van der Waals surface area contributed by atoms with E-state index in [4.69, 9.17) is 11.6 Å². The zero-order chi connectivity index (χ0) is 16.1. The molecule has 0 aliphatic carbocycles. The fourth-order valence-corrected chi connectivity index (χ4v) is 3.92. The third kappa shape index (κ3) is 2.45. The molecule has 0 amide bonds. The Morgan fingerprint density at radius 1 is 1.36 bits per heavy atom. The average Bonchev–Trinajstić information content (AvgIpc) is 2.70. The molecule has 2 unspecified atom stereocenters. The summed E-state index contributed by atoms with van der Waals surface area (Å²) in [6.07, 6.45) is -1.57. The number of benzene rings is 1. The van der Waals surface area contributed by atoms with E-state index in [0.29, 0.717) is 17.3 Å². The Hall–Kier alpha value is -1.36. The fourth-order valence-electron chi connectivity index (χ4n) is 3.64. The summed E-state index contributed by atoms with van der Waals surface area (Å²) in [5, 5.41) is 3.87. The summed E-state index contributed by atoms with van der Waals surface area (Å²) >= 11 is 6.36. The molecule has 0 saturated heterocycles. The number of hydrogen-bond acceptors (Lipinski definition) is 2. The van der Waals surface area contributed by atoms with Crippen LogP contribution in [0.15, 0.2) is 18.2 Å². The molecule has 2 atom stereocenters. The Morgan fingerprint density at radius 2 is 2.09 bits per heavy atom. The highest BCUT2D eigenvalue weighted by Gasteiger charge is 2.42. The zero-order valence-electron chi connectivity index (χ0n) is 12.5. The van der Waals surface area contributed by atoms with Gasteiger partial charge in [-0.05, 0) is 37.1 Å². The van der Waals surface area contributed by atoms with Gasteiger partial charge in [0.1, 0.15) is 6.54 Å². The summed E-state index contributed by atoms with van der Waals surface area (Å²) in [6.45, 7) is 3.59. The van der Waals surface area contributed by atoms with E-state index in [1.807, 2.05) is 26.0 Å². The van der Waals surface area contributed by atoms with Gasteiger partial charge in [-0.2, -0.15) is 13.2 Å². The van der Waals surface area contributed by atoms with Gasteiger partial charge in [0.25, 0.3) is 0 Å². The number of halogens is 4. The quantitative estimate of drug-likeness (QED) is 0.824. The summed E-state index contributed by atoms with van der Waals surface area (Å²) in [5.41, 5.74) is 3.38. The van der Waals surface area contributed by atoms with E-state index in [1.165, 1.54) is 4.90 Å². The predicted octanol–water partition coefficient (Wildman–Crippen LogP) is 4.96. The number of nitrogens with zero attached hydrogens (tertiary/aromatic N) is 1. The molecule has 0 spiro atoms. The van der Waals surface area contributed by atoms with Crippen LogP contribution in [0.3, 0.4) is 0 Å². The molecule has 2 nitrogen and oxygen atoms in total. The molecule has 2 aliphatic heterocycles. The van der Waals surface area contributed by atoms with Crippen molar-refractivity contribution in [1.82, 2.24) is 0 Å². The molecule has 1 aromatic rings. The van der Waals surface area contributed by atoms with Crippen LogP contribution in [0, 0.1) is 0 Å². The molecule has 22 heavy (non-hydrogen) atoms. The number of nitrogens with one attached hydrogen (secondary N) is 1. The first-order valence-electron chi connectivity index (χ1n) is 7.43. The Balaban J connectivity index is 2.14. The standard InChI is InChI=1S/C16H18ClF3N2/c1-3-10-9(2)22(8-16(18,19)20)13-5-4-12-15(14(10)13)11(17)6-7-21-12/h4-6,9-10,21H,3,7-8H2,1-2H3. The van der Waals surface area contributed by atoms with E-state index in [-0.39, 0.29) is 12.0 Å². The Labute approximate surface area is 132 Å². The number of hydrogen-bond donors (Lipinski definition) is 1. The first-order chi connectivity index (χ1) is 10.3. The predicted molar refractivity (Wildman–Crippen MR) is 84.7 cm³/mol. The summed E-state index contributed by atoms with van der Waals surface area (Å²) in [5.74, 6) is 0.0503. The minimum Gasteiger partial charge on any atom is -0.381 e. The molecule has 0 radical (unpaired) electrons. The molecular formula is C16H18ClF3N2. The topological polar surface area (TPSA) is 15.3 Å². The maximum atomic E-state index is 12.9. The summed E-state index contributed by atoms with van der Waals surface area (Å²) in [7, 11) is 0. The molecule has 0 saturated carbocycles. The molecule has 3 rings (SSSR count). The van der Waals surface area contributed by atoms with Crippen molar-refractivity contribution in [3.63, 3.8) is 0 Å². The van der Waals surface area contributed by atoms with Crippen molar-refractivity contribution >= 4 is 28.0 Å². The van der Waals surface area contributed by atoms with Crippen molar-refractivity contribution in [2.24, 2.45) is 0 Å². The third-order valence-electron chi connectivity index (χ3n) is 4.58. The van der Waals surface area contributed by atoms with Crippen LogP contribution in [0.5, 0.6) is 0 Å². The van der Waals surface area contributed by atoms with Gasteiger partial charge in [-0.25, -0.2) is 0 Å². The molecule has 2 heterocycles. The largest absolute Gasteiger partial charge is 0.405 e. The van der Waals surface area contributed by atoms with Gasteiger partial charge in [-0.3, -0.25) is 0 Å². The van der Waals surface area contributed by atoms with Gasteiger partial charge in [0.15, 0.2) is 0 Å². The Morgan fingerprint density at radius 3 is 2.73 bits per heavy atom. The smallest absolute Gasteiger partial charge is 0.381 e. The van der Waals surface area contributed by atoms with Gasteiger partial charge < -0.3 is 10.2 Å². The number of rotatable bonds is 2. The molecule has 120 valence electrons. The van der Waals surface area contributed by atoms with Crippen molar-refractivity contribution in [3.05, 3.63) is 29.3 Å². The maximum Gasteiger partial charge on any atom is 0.405 e. The SMILES string of the molecule is CCC1c2c(ccc3c2C(Cl)=CCN3)N(CC(F)(F)F)C1C. The molecule has 0 bridgehead atoms. The first kappa shape index (κ1) is 15.5. The van der Waals surface area contributed by atoms with Gasteiger partial charge in [0, 0.05) is 40.5 Å². The van der Waals surface area contributed by atoms with Gasteiger partial charge in [-0.15, -0.1) is 0 Å². The molecule has 1 aromatic carbocycles. The Bertz CT molecular complexity index is 625. The molecule has 2 aliphatic rings. The number of fused-ring (bicyclic) bond motifs is 3. The van der Waals surface area contributed by atoms with Crippen LogP contribution in [0.1, 0.15) is 37.3 Å². The van der Waals surface area contributed by atoms with E-state index in [9.17, 15) is 13.2 Å². The highest BCUT2D eigenvalue weighted by molar-refractivity contribution is 6.49.